The summed E-state index contributed by atoms with van der Waals surface area (Å²) >= 11 is 7.42. The number of rotatable bonds is 4. The van der Waals surface area contributed by atoms with Gasteiger partial charge in [-0.05, 0) is 48.9 Å². The summed E-state index contributed by atoms with van der Waals surface area (Å²) in [5, 5.41) is 5.52. The molecular formula is C18H19ClN2O2S. The molecule has 24 heavy (non-hydrogen) atoms. The Hall–Kier alpha value is -1.85. The zero-order valence-electron chi connectivity index (χ0n) is 13.4. The molecule has 2 aromatic rings. The molecule has 6 heteroatoms. The fourth-order valence-corrected chi connectivity index (χ4v) is 3.87. The number of amides is 2. The maximum Gasteiger partial charge on any atom is 0.264 e. The van der Waals surface area contributed by atoms with E-state index in [0.29, 0.717) is 22.9 Å². The van der Waals surface area contributed by atoms with Crippen molar-refractivity contribution >= 4 is 34.8 Å². The van der Waals surface area contributed by atoms with E-state index in [1.807, 2.05) is 36.6 Å². The number of hydrogen-bond donors (Lipinski definition) is 1. The number of halogens is 1. The third kappa shape index (κ3) is 3.62. The highest BCUT2D eigenvalue weighted by Gasteiger charge is 2.35. The summed E-state index contributed by atoms with van der Waals surface area (Å²) in [6.07, 6.45) is 1.55. The van der Waals surface area contributed by atoms with Gasteiger partial charge in [-0.15, -0.1) is 11.3 Å². The van der Waals surface area contributed by atoms with E-state index in [2.05, 4.69) is 5.32 Å². The highest BCUT2D eigenvalue weighted by atomic mass is 35.5. The molecule has 1 saturated heterocycles. The molecule has 126 valence electrons. The van der Waals surface area contributed by atoms with Crippen molar-refractivity contribution in [2.45, 2.75) is 31.8 Å². The summed E-state index contributed by atoms with van der Waals surface area (Å²) in [6, 6.07) is 10.5. The van der Waals surface area contributed by atoms with Crippen molar-refractivity contribution in [2.24, 2.45) is 0 Å². The zero-order chi connectivity index (χ0) is 17.1. The largest absolute Gasteiger partial charge is 0.348 e. The fourth-order valence-electron chi connectivity index (χ4n) is 2.99. The Labute approximate surface area is 150 Å². The molecule has 0 radical (unpaired) electrons. The van der Waals surface area contributed by atoms with Crippen LogP contribution in [0.5, 0.6) is 0 Å². The van der Waals surface area contributed by atoms with E-state index in [4.69, 9.17) is 11.6 Å². The minimum Gasteiger partial charge on any atom is -0.348 e. The van der Waals surface area contributed by atoms with Gasteiger partial charge in [0.05, 0.1) is 10.9 Å². The highest BCUT2D eigenvalue weighted by Crippen LogP contribution is 2.24. The minimum atomic E-state index is -0.402. The summed E-state index contributed by atoms with van der Waals surface area (Å²) in [5.74, 6) is -0.164. The molecular weight excluding hydrogens is 344 g/mol. The smallest absolute Gasteiger partial charge is 0.264 e. The quantitative estimate of drug-likeness (QED) is 0.897. The van der Waals surface area contributed by atoms with E-state index in [1.165, 1.54) is 11.3 Å². The number of nitrogens with zero attached hydrogens (tertiary/aromatic N) is 1. The third-order valence-corrected chi connectivity index (χ3v) is 5.35. The maximum atomic E-state index is 12.7. The van der Waals surface area contributed by atoms with Crippen molar-refractivity contribution in [1.29, 1.82) is 0 Å². The van der Waals surface area contributed by atoms with Crippen LogP contribution < -0.4 is 5.32 Å². The Bertz CT molecular complexity index is 732. The number of benzene rings is 1. The van der Waals surface area contributed by atoms with Gasteiger partial charge in [0.1, 0.15) is 6.04 Å². The molecule has 1 aromatic heterocycles. The first-order chi connectivity index (χ1) is 11.6. The Morgan fingerprint density at radius 1 is 1.33 bits per heavy atom. The van der Waals surface area contributed by atoms with Gasteiger partial charge in [-0.25, -0.2) is 0 Å². The molecule has 1 aliphatic rings. The number of thiophene rings is 1. The molecule has 4 nitrogen and oxygen atoms in total. The van der Waals surface area contributed by atoms with Gasteiger partial charge < -0.3 is 10.2 Å². The van der Waals surface area contributed by atoms with Crippen molar-refractivity contribution in [3.8, 4) is 0 Å². The predicted molar refractivity (Wildman–Crippen MR) is 96.4 cm³/mol. The standard InChI is InChI=1S/C18H19ClN2O2S/c1-12(13-5-2-6-14(19)11-13)20-17(22)15-7-3-9-21(15)18(23)16-8-4-10-24-16/h2,4-6,8,10-12,15H,3,7,9H2,1H3,(H,20,22)/t12-,15-/m0/s1. The van der Waals surface area contributed by atoms with E-state index >= 15 is 0 Å². The van der Waals surface area contributed by atoms with Crippen LogP contribution in [0.25, 0.3) is 0 Å². The first-order valence-electron chi connectivity index (χ1n) is 7.96. The molecule has 2 amide bonds. The molecule has 0 bridgehead atoms. The van der Waals surface area contributed by atoms with E-state index < -0.39 is 6.04 Å². The number of carbonyl (C=O) groups is 2. The maximum absolute atomic E-state index is 12.7. The van der Waals surface area contributed by atoms with Gasteiger partial charge in [-0.3, -0.25) is 9.59 Å². The van der Waals surface area contributed by atoms with E-state index in [-0.39, 0.29) is 17.9 Å². The number of carbonyl (C=O) groups excluding carboxylic acids is 2. The van der Waals surface area contributed by atoms with Crippen LogP contribution in [0.1, 0.15) is 41.0 Å². The van der Waals surface area contributed by atoms with E-state index in [9.17, 15) is 9.59 Å². The van der Waals surface area contributed by atoms with Gasteiger partial charge in [0.15, 0.2) is 0 Å². The Morgan fingerprint density at radius 2 is 2.17 bits per heavy atom. The average Bonchev–Trinajstić information content (AvgIpc) is 3.25. The zero-order valence-corrected chi connectivity index (χ0v) is 14.9. The second kappa shape index (κ2) is 7.36. The van der Waals surface area contributed by atoms with Gasteiger partial charge in [0.2, 0.25) is 5.91 Å². The average molecular weight is 363 g/mol. The molecule has 3 rings (SSSR count). The van der Waals surface area contributed by atoms with Crippen LogP contribution in [-0.4, -0.2) is 29.3 Å². The summed E-state index contributed by atoms with van der Waals surface area (Å²) in [6.45, 7) is 2.55. The third-order valence-electron chi connectivity index (χ3n) is 4.26. The van der Waals surface area contributed by atoms with Crippen molar-refractivity contribution in [3.63, 3.8) is 0 Å². The van der Waals surface area contributed by atoms with E-state index in [0.717, 1.165) is 12.0 Å². The molecule has 1 N–H and O–H groups in total. The molecule has 1 aromatic carbocycles. The predicted octanol–water partition coefficient (Wildman–Crippen LogP) is 3.88. The van der Waals surface area contributed by atoms with Gasteiger partial charge >= 0.3 is 0 Å². The van der Waals surface area contributed by atoms with Crippen molar-refractivity contribution in [3.05, 3.63) is 57.2 Å². The molecule has 1 fully saturated rings. The SMILES string of the molecule is C[C@H](NC(=O)[C@@H]1CCCN1C(=O)c1cccs1)c1cccc(Cl)c1. The van der Waals surface area contributed by atoms with Crippen LogP contribution in [0.3, 0.4) is 0 Å². The summed E-state index contributed by atoms with van der Waals surface area (Å²) in [7, 11) is 0. The molecule has 0 aliphatic carbocycles. The minimum absolute atomic E-state index is 0.0574. The van der Waals surface area contributed by atoms with Crippen LogP contribution in [-0.2, 0) is 4.79 Å². The van der Waals surface area contributed by atoms with Crippen LogP contribution in [0, 0.1) is 0 Å². The lowest BCUT2D eigenvalue weighted by atomic mass is 10.1. The van der Waals surface area contributed by atoms with Gasteiger partial charge in [-0.1, -0.05) is 29.8 Å². The Morgan fingerprint density at radius 3 is 2.88 bits per heavy atom. The molecule has 1 aliphatic heterocycles. The lowest BCUT2D eigenvalue weighted by Gasteiger charge is -2.25. The first kappa shape index (κ1) is 17.0. The molecule has 2 heterocycles. The van der Waals surface area contributed by atoms with Crippen LogP contribution in [0.4, 0.5) is 0 Å². The van der Waals surface area contributed by atoms with Crippen molar-refractivity contribution in [2.75, 3.05) is 6.54 Å². The number of hydrogen-bond acceptors (Lipinski definition) is 3. The second-order valence-corrected chi connectivity index (χ2v) is 7.30. The first-order valence-corrected chi connectivity index (χ1v) is 9.22. The molecule has 2 atom stereocenters. The van der Waals surface area contributed by atoms with Crippen LogP contribution in [0.15, 0.2) is 41.8 Å². The van der Waals surface area contributed by atoms with Crippen molar-refractivity contribution in [1.82, 2.24) is 10.2 Å². The van der Waals surface area contributed by atoms with Gasteiger partial charge in [-0.2, -0.15) is 0 Å². The Balaban J connectivity index is 1.68. The molecule has 0 saturated carbocycles. The second-order valence-electron chi connectivity index (χ2n) is 5.92. The summed E-state index contributed by atoms with van der Waals surface area (Å²) in [5.41, 5.74) is 0.949. The van der Waals surface area contributed by atoms with Crippen LogP contribution in [0.2, 0.25) is 5.02 Å². The monoisotopic (exact) mass is 362 g/mol. The van der Waals surface area contributed by atoms with E-state index in [1.54, 1.807) is 17.0 Å². The fraction of sp³-hybridized carbons (Fsp3) is 0.333. The normalized spacial score (nSPS) is 18.4. The highest BCUT2D eigenvalue weighted by molar-refractivity contribution is 7.12. The lowest BCUT2D eigenvalue weighted by Crippen LogP contribution is -2.46. The topological polar surface area (TPSA) is 49.4 Å². The molecule has 0 unspecified atom stereocenters. The number of likely N-dealkylation sites (tertiary alicyclic amines) is 1. The van der Waals surface area contributed by atoms with Gasteiger partial charge in [0, 0.05) is 11.6 Å². The van der Waals surface area contributed by atoms with Crippen molar-refractivity contribution < 1.29 is 9.59 Å². The summed E-state index contributed by atoms with van der Waals surface area (Å²) in [4.78, 5) is 27.6. The van der Waals surface area contributed by atoms with Crippen LogP contribution >= 0.6 is 22.9 Å². The Kier molecular flexibility index (Phi) is 5.21. The molecule has 0 spiro atoms. The van der Waals surface area contributed by atoms with Gasteiger partial charge in [0.25, 0.3) is 5.91 Å². The summed E-state index contributed by atoms with van der Waals surface area (Å²) < 4.78 is 0. The number of nitrogens with one attached hydrogen (secondary N) is 1. The lowest BCUT2D eigenvalue weighted by molar-refractivity contribution is -0.125.